The van der Waals surface area contributed by atoms with Crippen LogP contribution in [0.5, 0.6) is 0 Å². The van der Waals surface area contributed by atoms with E-state index in [0.717, 1.165) is 25.9 Å². The molecule has 1 aromatic rings. The fraction of sp³-hybridized carbons (Fsp3) is 0.870. The summed E-state index contributed by atoms with van der Waals surface area (Å²) in [5.41, 5.74) is 2.04. The van der Waals surface area contributed by atoms with Crippen LogP contribution in [0.2, 0.25) is 0 Å². The van der Waals surface area contributed by atoms with Crippen molar-refractivity contribution in [3.8, 4) is 0 Å². The van der Waals surface area contributed by atoms with Gasteiger partial charge in [-0.2, -0.15) is 15.0 Å². The summed E-state index contributed by atoms with van der Waals surface area (Å²) < 4.78 is 0. The number of aromatic nitrogens is 3. The van der Waals surface area contributed by atoms with Crippen molar-refractivity contribution in [1.29, 1.82) is 0 Å². The molecular weight excluding hydrogens is 376 g/mol. The minimum atomic E-state index is 0.168. The lowest BCUT2D eigenvalue weighted by Crippen LogP contribution is -2.12. The number of anilines is 3. The maximum atomic E-state index is 9.19. The van der Waals surface area contributed by atoms with E-state index in [0.29, 0.717) is 11.9 Å². The van der Waals surface area contributed by atoms with E-state index < -0.39 is 0 Å². The SMILES string of the molecule is CCCCCCCCCCNc1nc(NO)nc(NCCCCCCCCCC)n1. The minimum absolute atomic E-state index is 0.168. The first kappa shape index (κ1) is 26.4. The summed E-state index contributed by atoms with van der Waals surface area (Å²) in [7, 11) is 0. The molecule has 0 unspecified atom stereocenters. The van der Waals surface area contributed by atoms with Gasteiger partial charge in [-0.3, -0.25) is 5.21 Å². The number of nitrogens with zero attached hydrogens (tertiary/aromatic N) is 3. The third-order valence-corrected chi connectivity index (χ3v) is 5.36. The Balaban J connectivity index is 2.17. The predicted molar refractivity (Wildman–Crippen MR) is 127 cm³/mol. The highest BCUT2D eigenvalue weighted by Crippen LogP contribution is 2.12. The summed E-state index contributed by atoms with van der Waals surface area (Å²) in [6.07, 6.45) is 20.6. The molecule has 0 saturated carbocycles. The Hall–Kier alpha value is -1.63. The summed E-state index contributed by atoms with van der Waals surface area (Å²) in [5, 5.41) is 15.7. The minimum Gasteiger partial charge on any atom is -0.354 e. The maximum absolute atomic E-state index is 9.19. The van der Waals surface area contributed by atoms with Crippen LogP contribution in [0.1, 0.15) is 117 Å². The summed E-state index contributed by atoms with van der Waals surface area (Å²) in [6, 6.07) is 0. The highest BCUT2D eigenvalue weighted by Gasteiger charge is 2.05. The molecule has 0 radical (unpaired) electrons. The molecule has 0 atom stereocenters. The molecule has 1 aromatic heterocycles. The molecule has 4 N–H and O–H groups in total. The highest BCUT2D eigenvalue weighted by molar-refractivity contribution is 5.40. The molecule has 0 saturated heterocycles. The van der Waals surface area contributed by atoms with Gasteiger partial charge in [-0.1, -0.05) is 104 Å². The zero-order chi connectivity index (χ0) is 21.7. The van der Waals surface area contributed by atoms with Crippen LogP contribution in [0.4, 0.5) is 17.8 Å². The summed E-state index contributed by atoms with van der Waals surface area (Å²) in [4.78, 5) is 12.8. The Kier molecular flexibility index (Phi) is 17.0. The molecule has 0 aromatic carbocycles. The molecule has 0 fully saturated rings. The molecule has 0 spiro atoms. The van der Waals surface area contributed by atoms with Crippen molar-refractivity contribution in [2.75, 3.05) is 29.2 Å². The van der Waals surface area contributed by atoms with Gasteiger partial charge in [-0.25, -0.2) is 5.48 Å². The van der Waals surface area contributed by atoms with E-state index in [4.69, 9.17) is 0 Å². The molecule has 1 rings (SSSR count). The molecule has 0 amide bonds. The van der Waals surface area contributed by atoms with E-state index in [2.05, 4.69) is 39.4 Å². The Bertz CT molecular complexity index is 474. The first-order chi connectivity index (χ1) is 14.8. The second kappa shape index (κ2) is 19.3. The van der Waals surface area contributed by atoms with Crippen molar-refractivity contribution in [2.45, 2.75) is 117 Å². The molecule has 1 heterocycles. The zero-order valence-electron chi connectivity index (χ0n) is 19.5. The molecule has 7 heteroatoms. The first-order valence-corrected chi connectivity index (χ1v) is 12.4. The normalized spacial score (nSPS) is 10.9. The Morgan fingerprint density at radius 3 is 1.20 bits per heavy atom. The third kappa shape index (κ3) is 14.4. The van der Waals surface area contributed by atoms with E-state index in [1.807, 2.05) is 5.48 Å². The Morgan fingerprint density at radius 1 is 0.500 bits per heavy atom. The van der Waals surface area contributed by atoms with Crippen molar-refractivity contribution in [1.82, 2.24) is 15.0 Å². The Labute approximate surface area is 184 Å². The molecule has 0 bridgehead atoms. The van der Waals surface area contributed by atoms with Gasteiger partial charge in [-0.15, -0.1) is 0 Å². The van der Waals surface area contributed by atoms with E-state index >= 15 is 0 Å². The molecule has 7 nitrogen and oxygen atoms in total. The van der Waals surface area contributed by atoms with Crippen molar-refractivity contribution >= 4 is 17.8 Å². The molecular formula is C23H46N6O. The van der Waals surface area contributed by atoms with Gasteiger partial charge in [0.15, 0.2) is 0 Å². The highest BCUT2D eigenvalue weighted by atomic mass is 16.5. The quantitative estimate of drug-likeness (QED) is 0.128. The first-order valence-electron chi connectivity index (χ1n) is 12.4. The molecule has 0 aliphatic rings. The third-order valence-electron chi connectivity index (χ3n) is 5.36. The number of hydrogen-bond acceptors (Lipinski definition) is 7. The summed E-state index contributed by atoms with van der Waals surface area (Å²) >= 11 is 0. The van der Waals surface area contributed by atoms with Gasteiger partial charge in [0.05, 0.1) is 0 Å². The van der Waals surface area contributed by atoms with Gasteiger partial charge in [-0.05, 0) is 12.8 Å². The molecule has 0 aliphatic carbocycles. The number of nitrogens with one attached hydrogen (secondary N) is 3. The van der Waals surface area contributed by atoms with Gasteiger partial charge in [0.1, 0.15) is 0 Å². The van der Waals surface area contributed by atoms with E-state index in [-0.39, 0.29) is 5.95 Å². The topological polar surface area (TPSA) is 95.0 Å². The second-order valence-corrected chi connectivity index (χ2v) is 8.22. The predicted octanol–water partition coefficient (Wildman–Crippen LogP) is 6.78. The fourth-order valence-corrected chi connectivity index (χ4v) is 3.50. The lowest BCUT2D eigenvalue weighted by molar-refractivity contribution is 0.382. The van der Waals surface area contributed by atoms with Gasteiger partial charge in [0.2, 0.25) is 11.9 Å². The van der Waals surface area contributed by atoms with Gasteiger partial charge in [0.25, 0.3) is 5.95 Å². The maximum Gasteiger partial charge on any atom is 0.253 e. The van der Waals surface area contributed by atoms with E-state index in [1.165, 1.54) is 89.9 Å². The largest absolute Gasteiger partial charge is 0.354 e. The number of rotatable bonds is 21. The summed E-state index contributed by atoms with van der Waals surface area (Å²) in [5.74, 6) is 1.17. The van der Waals surface area contributed by atoms with Crippen molar-refractivity contribution in [3.05, 3.63) is 0 Å². The zero-order valence-corrected chi connectivity index (χ0v) is 19.5. The average molecular weight is 423 g/mol. The van der Waals surface area contributed by atoms with Crippen LogP contribution in [0.3, 0.4) is 0 Å². The van der Waals surface area contributed by atoms with Gasteiger partial charge in [0, 0.05) is 13.1 Å². The molecule has 0 aliphatic heterocycles. The van der Waals surface area contributed by atoms with Crippen molar-refractivity contribution < 1.29 is 5.21 Å². The fourth-order valence-electron chi connectivity index (χ4n) is 3.50. The standard InChI is InChI=1S/C23H46N6O/c1-3-5-7-9-11-13-15-17-19-24-21-26-22(28-23(27-21)29-30)25-20-18-16-14-12-10-8-6-4-2/h30H,3-20H2,1-2H3,(H3,24,25,26,27,28,29). The van der Waals surface area contributed by atoms with Crippen LogP contribution in [-0.4, -0.2) is 33.2 Å². The van der Waals surface area contributed by atoms with Gasteiger partial charge < -0.3 is 10.6 Å². The van der Waals surface area contributed by atoms with Crippen molar-refractivity contribution in [2.24, 2.45) is 0 Å². The molecule has 30 heavy (non-hydrogen) atoms. The van der Waals surface area contributed by atoms with Crippen LogP contribution in [0.25, 0.3) is 0 Å². The Morgan fingerprint density at radius 2 is 0.833 bits per heavy atom. The second-order valence-electron chi connectivity index (χ2n) is 8.22. The van der Waals surface area contributed by atoms with E-state index in [1.54, 1.807) is 0 Å². The van der Waals surface area contributed by atoms with Crippen LogP contribution in [0.15, 0.2) is 0 Å². The molecule has 174 valence electrons. The van der Waals surface area contributed by atoms with E-state index in [9.17, 15) is 5.21 Å². The summed E-state index contributed by atoms with van der Waals surface area (Å²) in [6.45, 7) is 6.17. The van der Waals surface area contributed by atoms with Crippen LogP contribution >= 0.6 is 0 Å². The average Bonchev–Trinajstić information content (AvgIpc) is 2.76. The monoisotopic (exact) mass is 422 g/mol. The lowest BCUT2D eigenvalue weighted by atomic mass is 10.1. The van der Waals surface area contributed by atoms with Crippen LogP contribution in [-0.2, 0) is 0 Å². The van der Waals surface area contributed by atoms with Crippen LogP contribution < -0.4 is 16.1 Å². The number of hydrogen-bond donors (Lipinski definition) is 4. The van der Waals surface area contributed by atoms with Crippen LogP contribution in [0, 0.1) is 0 Å². The smallest absolute Gasteiger partial charge is 0.253 e. The van der Waals surface area contributed by atoms with Crippen molar-refractivity contribution in [3.63, 3.8) is 0 Å². The number of unbranched alkanes of at least 4 members (excludes halogenated alkanes) is 14. The van der Waals surface area contributed by atoms with Gasteiger partial charge >= 0.3 is 0 Å². The lowest BCUT2D eigenvalue weighted by Gasteiger charge is -2.10.